The molecule has 2 aromatic rings. The van der Waals surface area contributed by atoms with Crippen molar-refractivity contribution in [3.63, 3.8) is 0 Å². The van der Waals surface area contributed by atoms with Crippen molar-refractivity contribution in [2.24, 2.45) is 11.0 Å². The second-order valence-electron chi connectivity index (χ2n) is 7.67. The lowest BCUT2D eigenvalue weighted by molar-refractivity contribution is -0.254. The number of aliphatic hydroxyl groups is 1. The number of alkyl halides is 6. The minimum atomic E-state index is -5.23. The van der Waals surface area contributed by atoms with E-state index in [1.165, 1.54) is 32.4 Å². The number of benzene rings is 1. The van der Waals surface area contributed by atoms with Gasteiger partial charge in [0.2, 0.25) is 5.95 Å². The molecular weight excluding hydrogens is 458 g/mol. The maximum atomic E-state index is 13.8. The second-order valence-corrected chi connectivity index (χ2v) is 7.67. The van der Waals surface area contributed by atoms with E-state index in [0.717, 1.165) is 0 Å². The minimum Gasteiger partial charge on any atom is -0.493 e. The molecule has 0 radical (unpaired) electrons. The smallest absolute Gasteiger partial charge is 0.438 e. The van der Waals surface area contributed by atoms with Crippen LogP contribution in [0.15, 0.2) is 29.4 Å². The molecule has 1 N–H and O–H groups in total. The zero-order valence-electron chi connectivity index (χ0n) is 17.3. The van der Waals surface area contributed by atoms with E-state index in [9.17, 15) is 31.4 Å². The molecule has 0 unspecified atom stereocenters. The molecule has 2 aliphatic rings. The molecule has 1 aromatic carbocycles. The van der Waals surface area contributed by atoms with Gasteiger partial charge in [0.15, 0.2) is 17.2 Å². The number of hydrazone groups is 1. The van der Waals surface area contributed by atoms with E-state index in [1.807, 2.05) is 0 Å². The van der Waals surface area contributed by atoms with E-state index < -0.39 is 36.1 Å². The van der Waals surface area contributed by atoms with Gasteiger partial charge in [0.25, 0.3) is 5.72 Å². The Hall–Kier alpha value is -3.09. The van der Waals surface area contributed by atoms with Gasteiger partial charge in [-0.3, -0.25) is 0 Å². The Morgan fingerprint density at radius 2 is 1.67 bits per heavy atom. The van der Waals surface area contributed by atoms with Crippen molar-refractivity contribution in [3.05, 3.63) is 30.0 Å². The molecule has 0 amide bonds. The highest BCUT2D eigenvalue weighted by Crippen LogP contribution is 2.47. The number of hydrogen-bond acceptors (Lipinski definition) is 7. The van der Waals surface area contributed by atoms with Gasteiger partial charge in [-0.2, -0.15) is 36.5 Å². The van der Waals surface area contributed by atoms with Crippen molar-refractivity contribution in [3.8, 4) is 22.8 Å². The maximum absolute atomic E-state index is 13.8. The van der Waals surface area contributed by atoms with Gasteiger partial charge >= 0.3 is 12.4 Å². The molecule has 0 bridgehead atoms. The number of hydrogen-bond donors (Lipinski definition) is 1. The number of ether oxygens (including phenoxy) is 2. The minimum absolute atomic E-state index is 0.0418. The summed E-state index contributed by atoms with van der Waals surface area (Å²) in [5.74, 6) is -0.827. The SMILES string of the molecule is COc1ccc(-c2cc(C(F)(F)F)nc(N3N=C(C4CC4)C[C@]3(O)C(F)(F)F)n2)cc1OC. The number of aromatic nitrogens is 2. The fourth-order valence-corrected chi connectivity index (χ4v) is 3.46. The molecule has 13 heteroatoms. The summed E-state index contributed by atoms with van der Waals surface area (Å²) in [6, 6.07) is 4.70. The van der Waals surface area contributed by atoms with Crippen LogP contribution in [0, 0.1) is 5.92 Å². The molecule has 1 aromatic heterocycles. The summed E-state index contributed by atoms with van der Waals surface area (Å²) in [6.07, 6.45) is -9.95. The molecule has 178 valence electrons. The largest absolute Gasteiger partial charge is 0.493 e. The van der Waals surface area contributed by atoms with Crippen molar-refractivity contribution in [2.45, 2.75) is 37.3 Å². The van der Waals surface area contributed by atoms with Crippen LogP contribution < -0.4 is 14.5 Å². The van der Waals surface area contributed by atoms with Crippen LogP contribution in [-0.4, -0.2) is 46.9 Å². The van der Waals surface area contributed by atoms with Crippen LogP contribution in [0.5, 0.6) is 11.5 Å². The Balaban J connectivity index is 1.88. The maximum Gasteiger partial charge on any atom is 0.438 e. The van der Waals surface area contributed by atoms with Crippen LogP contribution in [0.4, 0.5) is 32.3 Å². The van der Waals surface area contributed by atoms with E-state index in [-0.39, 0.29) is 39.4 Å². The lowest BCUT2D eigenvalue weighted by atomic mass is 10.0. The lowest BCUT2D eigenvalue weighted by Gasteiger charge is -2.32. The Kier molecular flexibility index (Phi) is 5.42. The van der Waals surface area contributed by atoms with Crippen LogP contribution in [0.25, 0.3) is 11.3 Å². The second kappa shape index (κ2) is 7.75. The molecule has 2 heterocycles. The van der Waals surface area contributed by atoms with Gasteiger partial charge in [0.05, 0.1) is 19.9 Å². The van der Waals surface area contributed by atoms with Crippen LogP contribution in [0.1, 0.15) is 25.0 Å². The predicted molar refractivity (Wildman–Crippen MR) is 104 cm³/mol. The molecule has 1 fully saturated rings. The summed E-state index contributed by atoms with van der Waals surface area (Å²) < 4.78 is 92.4. The highest BCUT2D eigenvalue weighted by atomic mass is 19.4. The third-order valence-electron chi connectivity index (χ3n) is 5.38. The molecular formula is C20H18F6N4O3. The lowest BCUT2D eigenvalue weighted by Crippen LogP contribution is -2.55. The molecule has 1 saturated carbocycles. The van der Waals surface area contributed by atoms with Gasteiger partial charge in [-0.25, -0.2) is 9.97 Å². The number of nitrogens with zero attached hydrogens (tertiary/aromatic N) is 4. The summed E-state index contributed by atoms with van der Waals surface area (Å²) in [4.78, 5) is 7.18. The molecule has 0 saturated heterocycles. The molecule has 1 aliphatic carbocycles. The van der Waals surface area contributed by atoms with Crippen molar-refractivity contribution in [2.75, 3.05) is 19.2 Å². The average molecular weight is 476 g/mol. The normalized spacial score (nSPS) is 21.2. The summed E-state index contributed by atoms with van der Waals surface area (Å²) >= 11 is 0. The topological polar surface area (TPSA) is 80.1 Å². The van der Waals surface area contributed by atoms with E-state index in [0.29, 0.717) is 18.9 Å². The van der Waals surface area contributed by atoms with Crippen LogP contribution in [0.3, 0.4) is 0 Å². The van der Waals surface area contributed by atoms with Crippen molar-refractivity contribution >= 4 is 11.7 Å². The third kappa shape index (κ3) is 4.16. The fraction of sp³-hybridized carbons (Fsp3) is 0.450. The van der Waals surface area contributed by atoms with Crippen LogP contribution in [-0.2, 0) is 6.18 Å². The highest BCUT2D eigenvalue weighted by molar-refractivity contribution is 5.92. The van der Waals surface area contributed by atoms with Crippen LogP contribution >= 0.6 is 0 Å². The molecule has 7 nitrogen and oxygen atoms in total. The first kappa shape index (κ1) is 23.1. The zero-order valence-corrected chi connectivity index (χ0v) is 17.3. The Morgan fingerprint density at radius 1 is 1.00 bits per heavy atom. The van der Waals surface area contributed by atoms with Crippen molar-refractivity contribution in [1.29, 1.82) is 0 Å². The molecule has 1 atom stereocenters. The van der Waals surface area contributed by atoms with Gasteiger partial charge in [0, 0.05) is 17.7 Å². The molecule has 4 rings (SSSR count). The number of methoxy groups -OCH3 is 2. The highest BCUT2D eigenvalue weighted by Gasteiger charge is 2.63. The number of halogens is 6. The number of anilines is 1. The number of rotatable bonds is 5. The Morgan fingerprint density at radius 3 is 2.21 bits per heavy atom. The monoisotopic (exact) mass is 476 g/mol. The van der Waals surface area contributed by atoms with E-state index in [1.54, 1.807) is 0 Å². The summed E-state index contributed by atoms with van der Waals surface area (Å²) in [5.41, 5.74) is -5.25. The third-order valence-corrected chi connectivity index (χ3v) is 5.38. The molecule has 1 aliphatic heterocycles. The van der Waals surface area contributed by atoms with E-state index >= 15 is 0 Å². The van der Waals surface area contributed by atoms with Gasteiger partial charge in [-0.1, -0.05) is 0 Å². The predicted octanol–water partition coefficient (Wildman–Crippen LogP) is 4.41. The first-order valence-electron chi connectivity index (χ1n) is 9.73. The zero-order chi connectivity index (χ0) is 24.2. The van der Waals surface area contributed by atoms with E-state index in [2.05, 4.69) is 15.1 Å². The van der Waals surface area contributed by atoms with Crippen LogP contribution in [0.2, 0.25) is 0 Å². The molecule has 0 spiro atoms. The van der Waals surface area contributed by atoms with Crippen molar-refractivity contribution < 1.29 is 40.9 Å². The Bertz CT molecular complexity index is 1100. The fourth-order valence-electron chi connectivity index (χ4n) is 3.46. The quantitative estimate of drug-likeness (QED) is 0.645. The van der Waals surface area contributed by atoms with Crippen molar-refractivity contribution in [1.82, 2.24) is 9.97 Å². The van der Waals surface area contributed by atoms with Gasteiger partial charge in [0.1, 0.15) is 0 Å². The average Bonchev–Trinajstić information content (AvgIpc) is 3.53. The first-order valence-corrected chi connectivity index (χ1v) is 9.73. The standard InChI is InChI=1S/C20H18F6N4O3/c1-32-14-6-5-11(7-15(14)33-2)12-8-16(19(21,22)23)28-17(27-12)30-18(31,20(24,25)26)9-13(29-30)10-3-4-10/h5-8,10,31H,3-4,9H2,1-2H3/t18-/m0/s1. The first-order chi connectivity index (χ1) is 15.4. The van der Waals surface area contributed by atoms with Gasteiger partial charge in [-0.15, -0.1) is 0 Å². The summed E-state index contributed by atoms with van der Waals surface area (Å²) in [6.45, 7) is 0. The Labute approximate surface area is 183 Å². The molecule has 33 heavy (non-hydrogen) atoms. The summed E-state index contributed by atoms with van der Waals surface area (Å²) in [5, 5.41) is 14.3. The van der Waals surface area contributed by atoms with Gasteiger partial charge < -0.3 is 14.6 Å². The summed E-state index contributed by atoms with van der Waals surface area (Å²) in [7, 11) is 2.68. The van der Waals surface area contributed by atoms with Gasteiger partial charge in [-0.05, 0) is 43.0 Å². The van der Waals surface area contributed by atoms with E-state index in [4.69, 9.17) is 9.47 Å².